The Hall–Kier alpha value is -3.46. The van der Waals surface area contributed by atoms with Gasteiger partial charge in [0.1, 0.15) is 12.0 Å². The van der Waals surface area contributed by atoms with Crippen LogP contribution in [0.25, 0.3) is 16.9 Å². The molecule has 0 aliphatic rings. The third kappa shape index (κ3) is 4.04. The molecule has 146 valence electrons. The summed E-state index contributed by atoms with van der Waals surface area (Å²) in [6.07, 6.45) is 3.35. The van der Waals surface area contributed by atoms with Crippen molar-refractivity contribution in [2.75, 3.05) is 0 Å². The average Bonchev–Trinajstić information content (AvgIpc) is 3.38. The van der Waals surface area contributed by atoms with Crippen LogP contribution in [0.4, 0.5) is 0 Å². The minimum atomic E-state index is -0.953. The zero-order valence-corrected chi connectivity index (χ0v) is 16.6. The Kier molecular flexibility index (Phi) is 5.13. The second-order valence-electron chi connectivity index (χ2n) is 6.48. The van der Waals surface area contributed by atoms with Gasteiger partial charge in [-0.3, -0.25) is 0 Å². The lowest BCUT2D eigenvalue weighted by molar-refractivity contribution is 0.0697. The first-order valence-electron chi connectivity index (χ1n) is 8.88. The molecule has 2 aromatic carbocycles. The van der Waals surface area contributed by atoms with E-state index in [2.05, 4.69) is 33.4 Å². The molecule has 0 spiro atoms. The number of hydrogen-bond donors (Lipinski definition) is 1. The van der Waals surface area contributed by atoms with E-state index >= 15 is 0 Å². The Bertz CT molecular complexity index is 1150. The molecule has 0 bridgehead atoms. The molecule has 29 heavy (non-hydrogen) atoms. The molecule has 8 nitrogen and oxygen atoms in total. The zero-order valence-electron chi connectivity index (χ0n) is 15.8. The molecule has 0 aliphatic carbocycles. The molecule has 1 N–H and O–H groups in total. The summed E-state index contributed by atoms with van der Waals surface area (Å²) < 4.78 is 1.89. The summed E-state index contributed by atoms with van der Waals surface area (Å²) in [6.45, 7) is 2.12. The highest BCUT2D eigenvalue weighted by molar-refractivity contribution is 7.99. The van der Waals surface area contributed by atoms with Gasteiger partial charge in [0.2, 0.25) is 0 Å². The molecule has 0 saturated heterocycles. The first-order valence-corrected chi connectivity index (χ1v) is 9.76. The summed E-state index contributed by atoms with van der Waals surface area (Å²) in [7, 11) is 1.92. The number of thioether (sulfide) groups is 1. The Morgan fingerprint density at radius 1 is 1.17 bits per heavy atom. The average molecular weight is 406 g/mol. The third-order valence-electron chi connectivity index (χ3n) is 4.44. The second-order valence-corrected chi connectivity index (χ2v) is 7.79. The highest BCUT2D eigenvalue weighted by atomic mass is 32.2. The quantitative estimate of drug-likeness (QED) is 0.488. The Morgan fingerprint density at radius 3 is 2.66 bits per heavy atom. The number of benzene rings is 2. The Balaban J connectivity index is 1.56. The molecule has 0 radical (unpaired) electrons. The van der Waals surface area contributed by atoms with E-state index in [9.17, 15) is 4.79 Å². The van der Waals surface area contributed by atoms with Gasteiger partial charge in [-0.15, -0.1) is 15.3 Å². The number of carboxylic acids is 1. The van der Waals surface area contributed by atoms with Gasteiger partial charge in [-0.2, -0.15) is 9.90 Å². The monoisotopic (exact) mass is 406 g/mol. The minimum absolute atomic E-state index is 0.177. The SMILES string of the molecule is C[C@H](Sc1nncn1C)c1cccc(-n2ncc(-c3ccc(C(=O)O)cc3)n2)c1. The first-order chi connectivity index (χ1) is 14.0. The summed E-state index contributed by atoms with van der Waals surface area (Å²) >= 11 is 1.63. The zero-order chi connectivity index (χ0) is 20.4. The van der Waals surface area contributed by atoms with E-state index in [1.165, 1.54) is 0 Å². The van der Waals surface area contributed by atoms with Gasteiger partial charge in [0.05, 0.1) is 17.4 Å². The number of rotatable bonds is 6. The molecule has 0 saturated carbocycles. The first kappa shape index (κ1) is 18.9. The van der Waals surface area contributed by atoms with Crippen LogP contribution in [0.2, 0.25) is 0 Å². The summed E-state index contributed by atoms with van der Waals surface area (Å²) in [6, 6.07) is 14.6. The number of hydrogen-bond acceptors (Lipinski definition) is 6. The fourth-order valence-electron chi connectivity index (χ4n) is 2.81. The van der Waals surface area contributed by atoms with Crippen molar-refractivity contribution in [1.29, 1.82) is 0 Å². The van der Waals surface area contributed by atoms with Crippen molar-refractivity contribution in [2.45, 2.75) is 17.3 Å². The van der Waals surface area contributed by atoms with E-state index in [1.807, 2.05) is 29.8 Å². The molecule has 2 aromatic heterocycles. The molecule has 0 unspecified atom stereocenters. The smallest absolute Gasteiger partial charge is 0.335 e. The van der Waals surface area contributed by atoms with Crippen LogP contribution in [0.5, 0.6) is 0 Å². The molecular formula is C20H18N6O2S. The van der Waals surface area contributed by atoms with E-state index in [0.717, 1.165) is 22.0 Å². The molecule has 0 amide bonds. The van der Waals surface area contributed by atoms with Crippen molar-refractivity contribution < 1.29 is 9.90 Å². The van der Waals surface area contributed by atoms with Crippen LogP contribution in [0.15, 0.2) is 66.2 Å². The topological polar surface area (TPSA) is 98.7 Å². The molecule has 4 aromatic rings. The fraction of sp³-hybridized carbons (Fsp3) is 0.150. The largest absolute Gasteiger partial charge is 0.478 e. The van der Waals surface area contributed by atoms with Crippen LogP contribution in [0, 0.1) is 0 Å². The summed E-state index contributed by atoms with van der Waals surface area (Å²) in [5.74, 6) is -0.953. The second kappa shape index (κ2) is 7.88. The lowest BCUT2D eigenvalue weighted by Gasteiger charge is -2.12. The van der Waals surface area contributed by atoms with Gasteiger partial charge in [0.25, 0.3) is 0 Å². The number of carboxylic acid groups (broad SMARTS) is 1. The summed E-state index contributed by atoms with van der Waals surface area (Å²) in [4.78, 5) is 12.6. The van der Waals surface area contributed by atoms with Crippen LogP contribution in [0.1, 0.15) is 28.1 Å². The van der Waals surface area contributed by atoms with Gasteiger partial charge in [0.15, 0.2) is 5.16 Å². The lowest BCUT2D eigenvalue weighted by Crippen LogP contribution is -2.01. The molecule has 2 heterocycles. The highest BCUT2D eigenvalue weighted by Crippen LogP contribution is 2.33. The molecule has 9 heteroatoms. The van der Waals surface area contributed by atoms with Crippen LogP contribution in [0.3, 0.4) is 0 Å². The van der Waals surface area contributed by atoms with Gasteiger partial charge >= 0.3 is 5.97 Å². The van der Waals surface area contributed by atoms with Gasteiger partial charge in [-0.25, -0.2) is 4.79 Å². The molecule has 4 rings (SSSR count). The van der Waals surface area contributed by atoms with Gasteiger partial charge in [-0.05, 0) is 36.8 Å². The number of aromatic carboxylic acids is 1. The van der Waals surface area contributed by atoms with E-state index < -0.39 is 5.97 Å². The van der Waals surface area contributed by atoms with Gasteiger partial charge in [-0.1, -0.05) is 36.0 Å². The van der Waals surface area contributed by atoms with E-state index in [-0.39, 0.29) is 10.8 Å². The fourth-order valence-corrected chi connectivity index (χ4v) is 3.72. The standard InChI is InChI=1S/C20H18N6O2S/c1-13(29-20-23-21-12-25(20)2)16-4-3-5-17(10-16)26-22-11-18(24-26)14-6-8-15(9-7-14)19(27)28/h3-13H,1-2H3,(H,27,28)/t13-/m0/s1. The number of aromatic nitrogens is 6. The van der Waals surface area contributed by atoms with Crippen molar-refractivity contribution in [1.82, 2.24) is 29.8 Å². The van der Waals surface area contributed by atoms with Crippen molar-refractivity contribution in [3.8, 4) is 16.9 Å². The summed E-state index contributed by atoms with van der Waals surface area (Å²) in [5.41, 5.74) is 3.70. The molecule has 1 atom stereocenters. The van der Waals surface area contributed by atoms with Crippen LogP contribution in [-0.2, 0) is 7.05 Å². The van der Waals surface area contributed by atoms with Crippen molar-refractivity contribution in [2.24, 2.45) is 7.05 Å². The van der Waals surface area contributed by atoms with Crippen molar-refractivity contribution >= 4 is 17.7 Å². The lowest BCUT2D eigenvalue weighted by atomic mass is 10.1. The number of nitrogens with zero attached hydrogens (tertiary/aromatic N) is 6. The summed E-state index contributed by atoms with van der Waals surface area (Å²) in [5, 5.41) is 27.0. The van der Waals surface area contributed by atoms with Gasteiger partial charge < -0.3 is 9.67 Å². The Morgan fingerprint density at radius 2 is 1.97 bits per heavy atom. The number of carbonyl (C=O) groups is 1. The maximum absolute atomic E-state index is 11.0. The molecule has 0 aliphatic heterocycles. The van der Waals surface area contributed by atoms with Crippen molar-refractivity contribution in [3.63, 3.8) is 0 Å². The predicted molar refractivity (Wildman–Crippen MR) is 109 cm³/mol. The predicted octanol–water partition coefficient (Wildman–Crippen LogP) is 3.61. The maximum atomic E-state index is 11.0. The molecular weight excluding hydrogens is 388 g/mol. The van der Waals surface area contributed by atoms with E-state index in [4.69, 9.17) is 5.11 Å². The van der Waals surface area contributed by atoms with E-state index in [0.29, 0.717) is 5.69 Å². The third-order valence-corrected chi connectivity index (χ3v) is 5.65. The van der Waals surface area contributed by atoms with Gasteiger partial charge in [0, 0.05) is 17.9 Å². The maximum Gasteiger partial charge on any atom is 0.335 e. The number of aryl methyl sites for hydroxylation is 1. The molecule has 0 fully saturated rings. The minimum Gasteiger partial charge on any atom is -0.478 e. The van der Waals surface area contributed by atoms with Crippen LogP contribution in [-0.4, -0.2) is 40.8 Å². The van der Waals surface area contributed by atoms with Crippen molar-refractivity contribution in [3.05, 3.63) is 72.2 Å². The highest BCUT2D eigenvalue weighted by Gasteiger charge is 2.13. The van der Waals surface area contributed by atoms with Crippen LogP contribution >= 0.6 is 11.8 Å². The normalized spacial score (nSPS) is 12.1. The van der Waals surface area contributed by atoms with E-state index in [1.54, 1.807) is 53.3 Å². The van der Waals surface area contributed by atoms with Crippen LogP contribution < -0.4 is 0 Å². The Labute approximate surface area is 171 Å².